The predicted molar refractivity (Wildman–Crippen MR) is 69.4 cm³/mol. The minimum atomic E-state index is -3.81. The summed E-state index contributed by atoms with van der Waals surface area (Å²) in [6.07, 6.45) is 1.00. The Morgan fingerprint density at radius 2 is 1.72 bits per heavy atom. The zero-order valence-corrected chi connectivity index (χ0v) is 12.0. The number of sulfonamides is 1. The van der Waals surface area contributed by atoms with Crippen molar-refractivity contribution in [1.29, 1.82) is 0 Å². The van der Waals surface area contributed by atoms with Gasteiger partial charge in [-0.05, 0) is 32.0 Å². The van der Waals surface area contributed by atoms with Crippen molar-refractivity contribution in [2.45, 2.75) is 29.7 Å². The molecule has 0 aliphatic heterocycles. The molecule has 0 fully saturated rings. The van der Waals surface area contributed by atoms with E-state index in [-0.39, 0.29) is 21.5 Å². The van der Waals surface area contributed by atoms with E-state index in [9.17, 15) is 16.8 Å². The fraction of sp³-hybridized carbons (Fsp3) is 0.400. The minimum absolute atomic E-state index is 0.00977. The molecule has 0 saturated carbocycles. The highest BCUT2D eigenvalue weighted by molar-refractivity contribution is 7.91. The van der Waals surface area contributed by atoms with Crippen molar-refractivity contribution in [1.82, 2.24) is 4.72 Å². The largest absolute Gasteiger partial charge is 0.398 e. The van der Waals surface area contributed by atoms with Crippen molar-refractivity contribution in [3.63, 3.8) is 0 Å². The van der Waals surface area contributed by atoms with E-state index in [4.69, 9.17) is 5.73 Å². The first-order chi connectivity index (χ1) is 8.04. The van der Waals surface area contributed by atoms with Gasteiger partial charge >= 0.3 is 0 Å². The molecule has 0 saturated heterocycles. The summed E-state index contributed by atoms with van der Waals surface area (Å²) in [5.74, 6) is 0. The summed E-state index contributed by atoms with van der Waals surface area (Å²) < 4.78 is 49.0. The van der Waals surface area contributed by atoms with Crippen molar-refractivity contribution >= 4 is 25.5 Å². The Labute approximate surface area is 107 Å². The number of rotatable bonds is 4. The fourth-order valence-electron chi connectivity index (χ4n) is 1.35. The van der Waals surface area contributed by atoms with E-state index >= 15 is 0 Å². The maximum atomic E-state index is 12.0. The smallest absolute Gasteiger partial charge is 0.242 e. The molecule has 8 heteroatoms. The van der Waals surface area contributed by atoms with Gasteiger partial charge in [-0.2, -0.15) is 0 Å². The summed E-state index contributed by atoms with van der Waals surface area (Å²) in [4.78, 5) is -0.306. The first-order valence-electron chi connectivity index (χ1n) is 5.16. The number of hydrogen-bond acceptors (Lipinski definition) is 5. The van der Waals surface area contributed by atoms with Crippen molar-refractivity contribution in [3.05, 3.63) is 18.2 Å². The van der Waals surface area contributed by atoms with E-state index in [1.54, 1.807) is 13.8 Å². The lowest BCUT2D eigenvalue weighted by atomic mass is 10.3. The van der Waals surface area contributed by atoms with Crippen molar-refractivity contribution < 1.29 is 16.8 Å². The number of nitrogens with two attached hydrogens (primary N) is 1. The number of hydrogen-bond donors (Lipinski definition) is 2. The maximum absolute atomic E-state index is 12.0. The number of anilines is 1. The number of nitrogen functional groups attached to an aromatic ring is 1. The predicted octanol–water partition coefficient (Wildman–Crippen LogP) is 0.359. The zero-order valence-electron chi connectivity index (χ0n) is 10.3. The normalized spacial score (nSPS) is 12.9. The van der Waals surface area contributed by atoms with Crippen LogP contribution in [0, 0.1) is 0 Å². The SMILES string of the molecule is CC(C)NS(=O)(=O)c1cc(S(C)(=O)=O)ccc1N. The fourth-order valence-corrected chi connectivity index (χ4v) is 3.48. The molecule has 102 valence electrons. The second-order valence-electron chi connectivity index (χ2n) is 4.25. The van der Waals surface area contributed by atoms with E-state index in [2.05, 4.69) is 4.72 Å². The van der Waals surface area contributed by atoms with E-state index in [1.165, 1.54) is 12.1 Å². The Bertz CT molecular complexity index is 648. The van der Waals surface area contributed by atoms with Gasteiger partial charge in [0.15, 0.2) is 9.84 Å². The van der Waals surface area contributed by atoms with Crippen LogP contribution in [0.2, 0.25) is 0 Å². The molecule has 0 amide bonds. The van der Waals surface area contributed by atoms with E-state index in [0.29, 0.717) is 0 Å². The van der Waals surface area contributed by atoms with Gasteiger partial charge in [0.2, 0.25) is 10.0 Å². The van der Waals surface area contributed by atoms with Gasteiger partial charge in [-0.25, -0.2) is 21.6 Å². The molecule has 0 heterocycles. The average molecular weight is 292 g/mol. The Morgan fingerprint density at radius 3 is 2.17 bits per heavy atom. The van der Waals surface area contributed by atoms with Gasteiger partial charge in [0.25, 0.3) is 0 Å². The van der Waals surface area contributed by atoms with Gasteiger partial charge < -0.3 is 5.73 Å². The molecule has 18 heavy (non-hydrogen) atoms. The van der Waals surface area contributed by atoms with Gasteiger partial charge in [0.1, 0.15) is 4.90 Å². The van der Waals surface area contributed by atoms with Crippen LogP contribution in [0.3, 0.4) is 0 Å². The summed E-state index contributed by atoms with van der Waals surface area (Å²) in [5.41, 5.74) is 5.59. The number of sulfone groups is 1. The Morgan fingerprint density at radius 1 is 1.17 bits per heavy atom. The van der Waals surface area contributed by atoms with Crippen molar-refractivity contribution in [2.24, 2.45) is 0 Å². The molecular formula is C10H16N2O4S2. The summed E-state index contributed by atoms with van der Waals surface area (Å²) >= 11 is 0. The molecule has 0 spiro atoms. The van der Waals surface area contributed by atoms with Crippen LogP contribution >= 0.6 is 0 Å². The molecule has 0 unspecified atom stereocenters. The van der Waals surface area contributed by atoms with Crippen LogP contribution in [-0.4, -0.2) is 29.1 Å². The second kappa shape index (κ2) is 4.87. The topological polar surface area (TPSA) is 106 Å². The highest BCUT2D eigenvalue weighted by Gasteiger charge is 2.21. The molecular weight excluding hydrogens is 276 g/mol. The summed E-state index contributed by atoms with van der Waals surface area (Å²) in [6, 6.07) is 3.30. The van der Waals surface area contributed by atoms with Gasteiger partial charge in [0, 0.05) is 12.3 Å². The first-order valence-corrected chi connectivity index (χ1v) is 8.53. The number of benzene rings is 1. The van der Waals surface area contributed by atoms with Crippen LogP contribution in [0.15, 0.2) is 28.0 Å². The molecule has 6 nitrogen and oxygen atoms in total. The molecule has 1 aromatic carbocycles. The summed E-state index contributed by atoms with van der Waals surface area (Å²) in [5, 5.41) is 0. The van der Waals surface area contributed by atoms with E-state index < -0.39 is 19.9 Å². The van der Waals surface area contributed by atoms with Gasteiger partial charge in [-0.3, -0.25) is 0 Å². The molecule has 1 aromatic rings. The van der Waals surface area contributed by atoms with E-state index in [1.807, 2.05) is 0 Å². The quantitative estimate of drug-likeness (QED) is 0.779. The molecule has 0 radical (unpaired) electrons. The highest BCUT2D eigenvalue weighted by Crippen LogP contribution is 2.22. The van der Waals surface area contributed by atoms with Crippen LogP contribution in [0.25, 0.3) is 0 Å². The lowest BCUT2D eigenvalue weighted by molar-refractivity contribution is 0.570. The van der Waals surface area contributed by atoms with Crippen LogP contribution in [-0.2, 0) is 19.9 Å². The molecule has 0 aliphatic rings. The van der Waals surface area contributed by atoms with E-state index in [0.717, 1.165) is 12.3 Å². The van der Waals surface area contributed by atoms with Crippen LogP contribution in [0.1, 0.15) is 13.8 Å². The molecule has 1 rings (SSSR count). The third-order valence-electron chi connectivity index (χ3n) is 2.09. The zero-order chi connectivity index (χ0) is 14.1. The van der Waals surface area contributed by atoms with Crippen LogP contribution in [0.4, 0.5) is 5.69 Å². The summed E-state index contributed by atoms with van der Waals surface area (Å²) in [7, 11) is -7.29. The molecule has 0 aliphatic carbocycles. The van der Waals surface area contributed by atoms with Gasteiger partial charge in [-0.15, -0.1) is 0 Å². The van der Waals surface area contributed by atoms with Gasteiger partial charge in [-0.1, -0.05) is 0 Å². The van der Waals surface area contributed by atoms with Gasteiger partial charge in [0.05, 0.1) is 10.6 Å². The minimum Gasteiger partial charge on any atom is -0.398 e. The summed E-state index contributed by atoms with van der Waals surface area (Å²) in [6.45, 7) is 3.32. The Balaban J connectivity index is 3.42. The highest BCUT2D eigenvalue weighted by atomic mass is 32.2. The monoisotopic (exact) mass is 292 g/mol. The Hall–Kier alpha value is -1.12. The lowest BCUT2D eigenvalue weighted by Crippen LogP contribution is -2.30. The van der Waals surface area contributed by atoms with Crippen molar-refractivity contribution in [3.8, 4) is 0 Å². The number of nitrogens with one attached hydrogen (secondary N) is 1. The third kappa shape index (κ3) is 3.44. The lowest BCUT2D eigenvalue weighted by Gasteiger charge is -2.12. The third-order valence-corrected chi connectivity index (χ3v) is 4.92. The second-order valence-corrected chi connectivity index (χ2v) is 7.95. The van der Waals surface area contributed by atoms with Crippen LogP contribution in [0.5, 0.6) is 0 Å². The van der Waals surface area contributed by atoms with Crippen molar-refractivity contribution in [2.75, 3.05) is 12.0 Å². The Kier molecular flexibility index (Phi) is 4.04. The van der Waals surface area contributed by atoms with Crippen LogP contribution < -0.4 is 10.5 Å². The average Bonchev–Trinajstić information content (AvgIpc) is 2.13. The molecule has 0 aromatic heterocycles. The maximum Gasteiger partial charge on any atom is 0.242 e. The molecule has 0 bridgehead atoms. The molecule has 0 atom stereocenters. The first kappa shape index (κ1) is 14.9. The molecule has 3 N–H and O–H groups in total. The standard InChI is InChI=1S/C10H16N2O4S2/c1-7(2)12-18(15,16)10-6-8(17(3,13)14)4-5-9(10)11/h4-7,12H,11H2,1-3H3.